The van der Waals surface area contributed by atoms with Crippen molar-refractivity contribution in [2.45, 2.75) is 39.0 Å². The number of anilines is 2. The smallest absolute Gasteiger partial charge is 0.274 e. The molecule has 1 aliphatic heterocycles. The number of benzene rings is 1. The van der Waals surface area contributed by atoms with E-state index >= 15 is 0 Å². The highest BCUT2D eigenvalue weighted by atomic mass is 16.1. The van der Waals surface area contributed by atoms with Crippen molar-refractivity contribution in [2.24, 2.45) is 0 Å². The zero-order valence-corrected chi connectivity index (χ0v) is 14.3. The Bertz CT molecular complexity index is 691. The molecule has 1 aromatic heterocycles. The average Bonchev–Trinajstić information content (AvgIpc) is 2.63. The van der Waals surface area contributed by atoms with E-state index in [4.69, 9.17) is 0 Å². The number of aromatic nitrogens is 2. The predicted molar refractivity (Wildman–Crippen MR) is 96.6 cm³/mol. The summed E-state index contributed by atoms with van der Waals surface area (Å²) >= 11 is 0. The van der Waals surface area contributed by atoms with Gasteiger partial charge in [0.15, 0.2) is 0 Å². The Morgan fingerprint density at radius 3 is 2.46 bits per heavy atom. The second kappa shape index (κ2) is 7.43. The number of carbonyl (C=O) groups excluding carboxylic acids is 1. The van der Waals surface area contributed by atoms with E-state index in [1.807, 2.05) is 24.3 Å². The van der Waals surface area contributed by atoms with Gasteiger partial charge < -0.3 is 10.2 Å². The quantitative estimate of drug-likeness (QED) is 0.928. The summed E-state index contributed by atoms with van der Waals surface area (Å²) in [5.41, 5.74) is 2.43. The van der Waals surface area contributed by atoms with Crippen molar-refractivity contribution in [1.29, 1.82) is 0 Å². The highest BCUT2D eigenvalue weighted by Crippen LogP contribution is 2.19. The van der Waals surface area contributed by atoms with Crippen LogP contribution in [0, 0.1) is 0 Å². The van der Waals surface area contributed by atoms with Gasteiger partial charge in [0, 0.05) is 24.8 Å². The Balaban J connectivity index is 1.70. The molecule has 0 atom stereocenters. The molecule has 1 aliphatic rings. The van der Waals surface area contributed by atoms with Gasteiger partial charge in [-0.15, -0.1) is 0 Å². The lowest BCUT2D eigenvalue weighted by Gasteiger charge is -2.27. The molecule has 24 heavy (non-hydrogen) atoms. The Labute approximate surface area is 143 Å². The lowest BCUT2D eigenvalue weighted by atomic mass is 10.0. The van der Waals surface area contributed by atoms with Crippen LogP contribution < -0.4 is 10.2 Å². The van der Waals surface area contributed by atoms with E-state index in [9.17, 15) is 4.79 Å². The molecule has 126 valence electrons. The summed E-state index contributed by atoms with van der Waals surface area (Å²) in [6.07, 6.45) is 5.09. The van der Waals surface area contributed by atoms with Crippen LogP contribution in [0.25, 0.3) is 0 Å². The van der Waals surface area contributed by atoms with Crippen LogP contribution in [0.5, 0.6) is 0 Å². The first kappa shape index (κ1) is 16.4. The number of hydrogen-bond acceptors (Lipinski definition) is 4. The molecule has 0 spiro atoms. The maximum atomic E-state index is 12.4. The van der Waals surface area contributed by atoms with Gasteiger partial charge in [0.25, 0.3) is 5.91 Å². The van der Waals surface area contributed by atoms with Crippen LogP contribution in [0.3, 0.4) is 0 Å². The lowest BCUT2D eigenvalue weighted by Crippen LogP contribution is -2.30. The van der Waals surface area contributed by atoms with Gasteiger partial charge in [0.1, 0.15) is 17.8 Å². The van der Waals surface area contributed by atoms with Gasteiger partial charge in [-0.1, -0.05) is 26.0 Å². The standard InChI is InChI=1S/C19H24N4O/c1-14(2)15-6-8-16(9-7-15)22-19(24)17-12-18(21-13-20-17)23-10-4-3-5-11-23/h6-9,12-14H,3-5,10-11H2,1-2H3,(H,22,24). The Kier molecular flexibility index (Phi) is 5.08. The van der Waals surface area contributed by atoms with Gasteiger partial charge in [-0.05, 0) is 42.9 Å². The van der Waals surface area contributed by atoms with Crippen molar-refractivity contribution in [3.05, 3.63) is 47.9 Å². The van der Waals surface area contributed by atoms with Gasteiger partial charge in [-0.25, -0.2) is 9.97 Å². The van der Waals surface area contributed by atoms with Crippen LogP contribution in [0.4, 0.5) is 11.5 Å². The van der Waals surface area contributed by atoms with Crippen LogP contribution >= 0.6 is 0 Å². The average molecular weight is 324 g/mol. The van der Waals surface area contributed by atoms with Crippen molar-refractivity contribution in [1.82, 2.24) is 9.97 Å². The Morgan fingerprint density at radius 2 is 1.79 bits per heavy atom. The fourth-order valence-corrected chi connectivity index (χ4v) is 2.91. The van der Waals surface area contributed by atoms with Gasteiger partial charge in [0.05, 0.1) is 0 Å². The molecule has 1 saturated heterocycles. The molecular weight excluding hydrogens is 300 g/mol. The summed E-state index contributed by atoms with van der Waals surface area (Å²) < 4.78 is 0. The van der Waals surface area contributed by atoms with Crippen LogP contribution in [-0.4, -0.2) is 29.0 Å². The van der Waals surface area contributed by atoms with Crippen molar-refractivity contribution in [2.75, 3.05) is 23.3 Å². The van der Waals surface area contributed by atoms with E-state index in [2.05, 4.69) is 34.0 Å². The van der Waals surface area contributed by atoms with Gasteiger partial charge in [-0.3, -0.25) is 4.79 Å². The number of nitrogens with one attached hydrogen (secondary N) is 1. The first-order chi connectivity index (χ1) is 11.6. The molecule has 0 unspecified atom stereocenters. The molecule has 3 rings (SSSR count). The Hall–Kier alpha value is -2.43. The molecule has 1 aromatic carbocycles. The van der Waals surface area contributed by atoms with E-state index in [-0.39, 0.29) is 5.91 Å². The molecular formula is C19H24N4O. The minimum absolute atomic E-state index is 0.201. The van der Waals surface area contributed by atoms with E-state index < -0.39 is 0 Å². The number of hydrogen-bond donors (Lipinski definition) is 1. The van der Waals surface area contributed by atoms with Crippen molar-refractivity contribution in [3.8, 4) is 0 Å². The molecule has 2 heterocycles. The molecule has 0 bridgehead atoms. The summed E-state index contributed by atoms with van der Waals surface area (Å²) in [4.78, 5) is 23.1. The van der Waals surface area contributed by atoms with Crippen LogP contribution in [0.2, 0.25) is 0 Å². The molecule has 5 nitrogen and oxygen atoms in total. The van der Waals surface area contributed by atoms with E-state index in [0.29, 0.717) is 11.6 Å². The lowest BCUT2D eigenvalue weighted by molar-refractivity contribution is 0.102. The fraction of sp³-hybridized carbons (Fsp3) is 0.421. The van der Waals surface area contributed by atoms with Crippen LogP contribution in [0.1, 0.15) is 55.1 Å². The van der Waals surface area contributed by atoms with E-state index in [1.165, 1.54) is 31.2 Å². The topological polar surface area (TPSA) is 58.1 Å². The number of nitrogens with zero attached hydrogens (tertiary/aromatic N) is 3. The molecule has 1 fully saturated rings. The highest BCUT2D eigenvalue weighted by molar-refractivity contribution is 6.03. The number of amides is 1. The second-order valence-electron chi connectivity index (χ2n) is 6.54. The fourth-order valence-electron chi connectivity index (χ4n) is 2.91. The SMILES string of the molecule is CC(C)c1ccc(NC(=O)c2cc(N3CCCCC3)ncn2)cc1. The predicted octanol–water partition coefficient (Wildman–Crippen LogP) is 3.84. The normalized spacial score (nSPS) is 14.7. The molecule has 0 aliphatic carbocycles. The third-order valence-electron chi connectivity index (χ3n) is 4.40. The molecule has 5 heteroatoms. The second-order valence-corrected chi connectivity index (χ2v) is 6.54. The van der Waals surface area contributed by atoms with Gasteiger partial charge in [0.2, 0.25) is 0 Å². The maximum absolute atomic E-state index is 12.4. The summed E-state index contributed by atoms with van der Waals surface area (Å²) in [7, 11) is 0. The van der Waals surface area contributed by atoms with E-state index in [1.54, 1.807) is 6.07 Å². The van der Waals surface area contributed by atoms with Crippen LogP contribution in [0.15, 0.2) is 36.7 Å². The third-order valence-corrected chi connectivity index (χ3v) is 4.40. The summed E-state index contributed by atoms with van der Waals surface area (Å²) in [6, 6.07) is 9.72. The molecule has 2 aromatic rings. The zero-order valence-electron chi connectivity index (χ0n) is 14.3. The summed E-state index contributed by atoms with van der Waals surface area (Å²) in [6.45, 7) is 6.29. The highest BCUT2D eigenvalue weighted by Gasteiger charge is 2.15. The summed E-state index contributed by atoms with van der Waals surface area (Å²) in [5, 5.41) is 2.91. The van der Waals surface area contributed by atoms with Crippen molar-refractivity contribution in [3.63, 3.8) is 0 Å². The molecule has 0 saturated carbocycles. The van der Waals surface area contributed by atoms with E-state index in [0.717, 1.165) is 24.6 Å². The first-order valence-electron chi connectivity index (χ1n) is 8.62. The first-order valence-corrected chi connectivity index (χ1v) is 8.62. The van der Waals surface area contributed by atoms with Crippen molar-refractivity contribution >= 4 is 17.4 Å². The van der Waals surface area contributed by atoms with Gasteiger partial charge in [-0.2, -0.15) is 0 Å². The van der Waals surface area contributed by atoms with Crippen LogP contribution in [-0.2, 0) is 0 Å². The summed E-state index contributed by atoms with van der Waals surface area (Å²) in [5.74, 6) is 1.11. The third kappa shape index (κ3) is 3.91. The number of carbonyl (C=O) groups is 1. The monoisotopic (exact) mass is 324 g/mol. The minimum Gasteiger partial charge on any atom is -0.357 e. The maximum Gasteiger partial charge on any atom is 0.274 e. The number of rotatable bonds is 4. The molecule has 0 radical (unpaired) electrons. The van der Waals surface area contributed by atoms with Crippen molar-refractivity contribution < 1.29 is 4.79 Å². The zero-order chi connectivity index (χ0) is 16.9. The Morgan fingerprint density at radius 1 is 1.08 bits per heavy atom. The minimum atomic E-state index is -0.201. The van der Waals surface area contributed by atoms with Gasteiger partial charge >= 0.3 is 0 Å². The molecule has 1 N–H and O–H groups in total. The number of piperidine rings is 1. The largest absolute Gasteiger partial charge is 0.357 e. The molecule has 1 amide bonds.